The van der Waals surface area contributed by atoms with E-state index in [0.29, 0.717) is 23.0 Å². The van der Waals surface area contributed by atoms with E-state index in [-0.39, 0.29) is 17.6 Å². The molecular formula is C13H16ClN3O2. The number of amides is 1. The van der Waals surface area contributed by atoms with E-state index in [1.165, 1.54) is 7.11 Å². The maximum atomic E-state index is 11.9. The number of methoxy groups -OCH3 is 1. The summed E-state index contributed by atoms with van der Waals surface area (Å²) in [7, 11) is 1.54. The van der Waals surface area contributed by atoms with Crippen LogP contribution >= 0.6 is 11.6 Å². The molecule has 1 aromatic carbocycles. The molecule has 5 nitrogen and oxygen atoms in total. The Bertz CT molecular complexity index is 513. The average Bonchev–Trinajstić information content (AvgIpc) is 3.22. The molecule has 0 saturated heterocycles. The summed E-state index contributed by atoms with van der Waals surface area (Å²) >= 11 is 5.60. The molecular weight excluding hydrogens is 266 g/mol. The van der Waals surface area contributed by atoms with Gasteiger partial charge in [-0.3, -0.25) is 4.79 Å². The summed E-state index contributed by atoms with van der Waals surface area (Å²) in [6.45, 7) is 0. The van der Waals surface area contributed by atoms with Crippen molar-refractivity contribution in [3.05, 3.63) is 23.8 Å². The van der Waals surface area contributed by atoms with Crippen LogP contribution in [-0.2, 0) is 0 Å². The summed E-state index contributed by atoms with van der Waals surface area (Å²) in [5, 5.41) is 2.92. The summed E-state index contributed by atoms with van der Waals surface area (Å²) in [5.41, 5.74) is 6.65. The highest BCUT2D eigenvalue weighted by molar-refractivity contribution is 6.28. The maximum absolute atomic E-state index is 11.9. The second-order valence-corrected chi connectivity index (χ2v) is 4.64. The minimum Gasteiger partial charge on any atom is -0.494 e. The monoisotopic (exact) mass is 281 g/mol. The first kappa shape index (κ1) is 13.7. The Morgan fingerprint density at radius 2 is 2.32 bits per heavy atom. The van der Waals surface area contributed by atoms with Gasteiger partial charge in [-0.05, 0) is 31.0 Å². The summed E-state index contributed by atoms with van der Waals surface area (Å²) in [6, 6.07) is 5.36. The van der Waals surface area contributed by atoms with Gasteiger partial charge in [0, 0.05) is 11.6 Å². The zero-order valence-corrected chi connectivity index (χ0v) is 11.4. The summed E-state index contributed by atoms with van der Waals surface area (Å²) in [5.74, 6) is 0.851. The number of nitrogens with two attached hydrogens (primary N) is 1. The third-order valence-electron chi connectivity index (χ3n) is 2.75. The Morgan fingerprint density at radius 3 is 2.89 bits per heavy atom. The van der Waals surface area contributed by atoms with Crippen LogP contribution in [0, 0.1) is 0 Å². The molecule has 3 N–H and O–H groups in total. The van der Waals surface area contributed by atoms with E-state index in [1.807, 2.05) is 0 Å². The lowest BCUT2D eigenvalue weighted by atomic mass is 10.1. The Balaban J connectivity index is 2.26. The number of nitrogens with zero attached hydrogens (tertiary/aromatic N) is 1. The molecule has 0 heterocycles. The van der Waals surface area contributed by atoms with Gasteiger partial charge in [-0.2, -0.15) is 0 Å². The number of halogens is 1. The predicted molar refractivity (Wildman–Crippen MR) is 75.5 cm³/mol. The second-order valence-electron chi connectivity index (χ2n) is 4.37. The molecule has 0 bridgehead atoms. The van der Waals surface area contributed by atoms with Crippen molar-refractivity contribution in [2.45, 2.75) is 18.9 Å². The van der Waals surface area contributed by atoms with Gasteiger partial charge in [-0.25, -0.2) is 4.99 Å². The molecule has 1 aromatic rings. The molecule has 0 atom stereocenters. The minimum absolute atomic E-state index is 0.106. The van der Waals surface area contributed by atoms with Gasteiger partial charge in [0.25, 0.3) is 5.91 Å². The number of carbonyl (C=O) groups is 1. The molecule has 2 rings (SSSR count). The van der Waals surface area contributed by atoms with E-state index >= 15 is 0 Å². The molecule has 1 amide bonds. The summed E-state index contributed by atoms with van der Waals surface area (Å²) < 4.78 is 5.18. The van der Waals surface area contributed by atoms with Crippen molar-refractivity contribution < 1.29 is 9.53 Å². The topological polar surface area (TPSA) is 76.7 Å². The minimum atomic E-state index is -0.106. The SMILES string of the molecule is COc1ccc(C(=O)NC2CC2)cc1N=C(N)CCl. The highest BCUT2D eigenvalue weighted by Gasteiger charge is 2.24. The van der Waals surface area contributed by atoms with Crippen LogP contribution < -0.4 is 15.8 Å². The number of rotatable bonds is 5. The van der Waals surface area contributed by atoms with Crippen LogP contribution in [0.15, 0.2) is 23.2 Å². The van der Waals surface area contributed by atoms with E-state index in [9.17, 15) is 4.79 Å². The van der Waals surface area contributed by atoms with Gasteiger partial charge in [0.05, 0.1) is 13.0 Å². The maximum Gasteiger partial charge on any atom is 0.251 e. The fourth-order valence-corrected chi connectivity index (χ4v) is 1.66. The normalized spacial score (nSPS) is 15.2. The Hall–Kier alpha value is -1.75. The van der Waals surface area contributed by atoms with E-state index in [2.05, 4.69) is 10.3 Å². The van der Waals surface area contributed by atoms with Crippen LogP contribution in [0.1, 0.15) is 23.2 Å². The lowest BCUT2D eigenvalue weighted by Gasteiger charge is -2.08. The van der Waals surface area contributed by atoms with Crippen LogP contribution in [0.25, 0.3) is 0 Å². The molecule has 1 saturated carbocycles. The molecule has 19 heavy (non-hydrogen) atoms. The first-order valence-electron chi connectivity index (χ1n) is 6.02. The third kappa shape index (κ3) is 3.61. The number of carbonyl (C=O) groups excluding carboxylic acids is 1. The van der Waals surface area contributed by atoms with E-state index in [1.54, 1.807) is 18.2 Å². The number of aliphatic imine (C=N–C) groups is 1. The van der Waals surface area contributed by atoms with Crippen molar-refractivity contribution in [1.82, 2.24) is 5.32 Å². The van der Waals surface area contributed by atoms with Gasteiger partial charge in [-0.15, -0.1) is 11.6 Å². The van der Waals surface area contributed by atoms with Gasteiger partial charge in [0.2, 0.25) is 0 Å². The quantitative estimate of drug-likeness (QED) is 0.491. The number of hydrogen-bond donors (Lipinski definition) is 2. The molecule has 1 aliphatic rings. The highest BCUT2D eigenvalue weighted by atomic mass is 35.5. The largest absolute Gasteiger partial charge is 0.494 e. The standard InChI is InChI=1S/C13H16ClN3O2/c1-19-11-5-2-8(13(18)16-9-3-4-9)6-10(11)17-12(15)7-14/h2,5-6,9H,3-4,7H2,1H3,(H2,15,17)(H,16,18). The summed E-state index contributed by atoms with van der Waals surface area (Å²) in [6.07, 6.45) is 2.10. The van der Waals surface area contributed by atoms with Crippen LogP contribution in [0.2, 0.25) is 0 Å². The average molecular weight is 282 g/mol. The van der Waals surface area contributed by atoms with Crippen molar-refractivity contribution >= 4 is 29.0 Å². The van der Waals surface area contributed by atoms with E-state index in [0.717, 1.165) is 12.8 Å². The van der Waals surface area contributed by atoms with Gasteiger partial charge >= 0.3 is 0 Å². The Kier molecular flexibility index (Phi) is 4.27. The number of hydrogen-bond acceptors (Lipinski definition) is 3. The Morgan fingerprint density at radius 1 is 1.58 bits per heavy atom. The molecule has 1 fully saturated rings. The van der Waals surface area contributed by atoms with Gasteiger partial charge in [0.1, 0.15) is 17.3 Å². The number of nitrogens with one attached hydrogen (secondary N) is 1. The smallest absolute Gasteiger partial charge is 0.251 e. The zero-order valence-electron chi connectivity index (χ0n) is 10.6. The zero-order chi connectivity index (χ0) is 13.8. The molecule has 1 aliphatic carbocycles. The Labute approximate surface area is 116 Å². The van der Waals surface area contributed by atoms with Crippen LogP contribution in [0.5, 0.6) is 5.75 Å². The molecule has 0 unspecified atom stereocenters. The van der Waals surface area contributed by atoms with Gasteiger partial charge < -0.3 is 15.8 Å². The van der Waals surface area contributed by atoms with E-state index < -0.39 is 0 Å². The van der Waals surface area contributed by atoms with Crippen molar-refractivity contribution in [1.29, 1.82) is 0 Å². The number of ether oxygens (including phenoxy) is 1. The van der Waals surface area contributed by atoms with E-state index in [4.69, 9.17) is 22.1 Å². The number of alkyl halides is 1. The van der Waals surface area contributed by atoms with Gasteiger partial charge in [0.15, 0.2) is 0 Å². The first-order valence-corrected chi connectivity index (χ1v) is 6.55. The third-order valence-corrected chi connectivity index (χ3v) is 3.03. The van der Waals surface area contributed by atoms with Crippen LogP contribution in [0.4, 0.5) is 5.69 Å². The van der Waals surface area contributed by atoms with Crippen molar-refractivity contribution in [2.75, 3.05) is 13.0 Å². The van der Waals surface area contributed by atoms with Crippen molar-refractivity contribution in [3.8, 4) is 5.75 Å². The number of benzene rings is 1. The van der Waals surface area contributed by atoms with Crippen LogP contribution in [0.3, 0.4) is 0 Å². The molecule has 102 valence electrons. The van der Waals surface area contributed by atoms with Gasteiger partial charge in [-0.1, -0.05) is 0 Å². The van der Waals surface area contributed by atoms with Crippen LogP contribution in [-0.4, -0.2) is 30.8 Å². The molecule has 6 heteroatoms. The molecule has 0 radical (unpaired) electrons. The molecule has 0 aliphatic heterocycles. The lowest BCUT2D eigenvalue weighted by Crippen LogP contribution is -2.25. The summed E-state index contributed by atoms with van der Waals surface area (Å²) in [4.78, 5) is 16.1. The first-order chi connectivity index (χ1) is 9.13. The lowest BCUT2D eigenvalue weighted by molar-refractivity contribution is 0.0951. The fraction of sp³-hybridized carbons (Fsp3) is 0.385. The predicted octanol–water partition coefficient (Wildman–Crippen LogP) is 1.81. The number of amidine groups is 1. The molecule has 0 aromatic heterocycles. The fourth-order valence-electron chi connectivity index (χ4n) is 1.60. The second kappa shape index (κ2) is 5.93. The molecule has 0 spiro atoms. The highest BCUT2D eigenvalue weighted by Crippen LogP contribution is 2.29. The van der Waals surface area contributed by atoms with Crippen molar-refractivity contribution in [3.63, 3.8) is 0 Å². The van der Waals surface area contributed by atoms with Crippen molar-refractivity contribution in [2.24, 2.45) is 10.7 Å².